The highest BCUT2D eigenvalue weighted by Crippen LogP contribution is 2.05. The standard InChI is InChI=1S/C13H16N2O/c1-10(2)15-13(16)8-7-11-3-5-12(9-14)6-4-11/h3-6,10H,7-8H2,1-2H3,(H,15,16). The maximum atomic E-state index is 11.4. The van der Waals surface area contributed by atoms with E-state index in [1.54, 1.807) is 12.1 Å². The summed E-state index contributed by atoms with van der Waals surface area (Å²) in [4.78, 5) is 11.4. The summed E-state index contributed by atoms with van der Waals surface area (Å²) in [5, 5.41) is 11.5. The van der Waals surface area contributed by atoms with Crippen LogP contribution in [0.15, 0.2) is 24.3 Å². The second-order valence-electron chi connectivity index (χ2n) is 4.03. The Morgan fingerprint density at radius 2 is 2.00 bits per heavy atom. The number of amides is 1. The van der Waals surface area contributed by atoms with E-state index in [1.807, 2.05) is 26.0 Å². The predicted molar refractivity (Wildman–Crippen MR) is 62.8 cm³/mol. The first-order valence-electron chi connectivity index (χ1n) is 5.40. The molecule has 3 nitrogen and oxygen atoms in total. The molecule has 0 aliphatic carbocycles. The van der Waals surface area contributed by atoms with Crippen molar-refractivity contribution in [1.82, 2.24) is 5.32 Å². The summed E-state index contributed by atoms with van der Waals surface area (Å²) in [7, 11) is 0. The highest BCUT2D eigenvalue weighted by Gasteiger charge is 2.03. The van der Waals surface area contributed by atoms with E-state index in [9.17, 15) is 4.79 Å². The molecule has 0 fully saturated rings. The average molecular weight is 216 g/mol. The second-order valence-corrected chi connectivity index (χ2v) is 4.03. The molecule has 0 aliphatic rings. The summed E-state index contributed by atoms with van der Waals surface area (Å²) in [5.74, 6) is 0.0689. The van der Waals surface area contributed by atoms with Crippen LogP contribution in [0.2, 0.25) is 0 Å². The third kappa shape index (κ3) is 4.14. The minimum Gasteiger partial charge on any atom is -0.354 e. The minimum atomic E-state index is 0.0689. The molecular weight excluding hydrogens is 200 g/mol. The van der Waals surface area contributed by atoms with Gasteiger partial charge in [0.05, 0.1) is 11.6 Å². The number of aryl methyl sites for hydroxylation is 1. The van der Waals surface area contributed by atoms with Crippen molar-refractivity contribution in [2.75, 3.05) is 0 Å². The Morgan fingerprint density at radius 3 is 2.50 bits per heavy atom. The average Bonchev–Trinajstić information content (AvgIpc) is 2.26. The van der Waals surface area contributed by atoms with Gasteiger partial charge in [0.2, 0.25) is 5.91 Å². The summed E-state index contributed by atoms with van der Waals surface area (Å²) in [6.45, 7) is 3.89. The highest BCUT2D eigenvalue weighted by molar-refractivity contribution is 5.76. The van der Waals surface area contributed by atoms with E-state index in [2.05, 4.69) is 11.4 Å². The molecule has 16 heavy (non-hydrogen) atoms. The minimum absolute atomic E-state index is 0.0689. The lowest BCUT2D eigenvalue weighted by molar-refractivity contribution is -0.121. The molecule has 1 rings (SSSR count). The Hall–Kier alpha value is -1.82. The molecule has 3 heteroatoms. The van der Waals surface area contributed by atoms with E-state index < -0.39 is 0 Å². The van der Waals surface area contributed by atoms with Crippen molar-refractivity contribution in [2.24, 2.45) is 0 Å². The number of nitriles is 1. The number of rotatable bonds is 4. The van der Waals surface area contributed by atoms with E-state index in [-0.39, 0.29) is 11.9 Å². The van der Waals surface area contributed by atoms with Gasteiger partial charge in [0.1, 0.15) is 0 Å². The summed E-state index contributed by atoms with van der Waals surface area (Å²) >= 11 is 0. The number of carbonyl (C=O) groups is 1. The van der Waals surface area contributed by atoms with Gasteiger partial charge in [-0.15, -0.1) is 0 Å². The zero-order valence-electron chi connectivity index (χ0n) is 9.66. The van der Waals surface area contributed by atoms with Gasteiger partial charge in [0.15, 0.2) is 0 Å². The lowest BCUT2D eigenvalue weighted by Crippen LogP contribution is -2.30. The quantitative estimate of drug-likeness (QED) is 0.837. The van der Waals surface area contributed by atoms with Crippen LogP contribution < -0.4 is 5.32 Å². The van der Waals surface area contributed by atoms with E-state index in [0.717, 1.165) is 5.56 Å². The number of nitrogens with one attached hydrogen (secondary N) is 1. The van der Waals surface area contributed by atoms with Gasteiger partial charge in [0.25, 0.3) is 0 Å². The molecule has 0 bridgehead atoms. The fraction of sp³-hybridized carbons (Fsp3) is 0.385. The van der Waals surface area contributed by atoms with Gasteiger partial charge in [-0.3, -0.25) is 4.79 Å². The second kappa shape index (κ2) is 5.92. The Morgan fingerprint density at radius 1 is 1.38 bits per heavy atom. The Balaban J connectivity index is 2.43. The monoisotopic (exact) mass is 216 g/mol. The van der Waals surface area contributed by atoms with Gasteiger partial charge < -0.3 is 5.32 Å². The lowest BCUT2D eigenvalue weighted by Gasteiger charge is -2.07. The van der Waals surface area contributed by atoms with Gasteiger partial charge in [-0.1, -0.05) is 12.1 Å². The van der Waals surface area contributed by atoms with Gasteiger partial charge in [-0.25, -0.2) is 0 Å². The molecule has 0 spiro atoms. The number of nitrogens with zero attached hydrogens (tertiary/aromatic N) is 1. The van der Waals surface area contributed by atoms with Gasteiger partial charge in [0, 0.05) is 12.5 Å². The van der Waals surface area contributed by atoms with Crippen LogP contribution in [-0.4, -0.2) is 11.9 Å². The molecule has 0 atom stereocenters. The Bertz CT molecular complexity index is 387. The van der Waals surface area contributed by atoms with Crippen molar-refractivity contribution >= 4 is 5.91 Å². The first-order chi connectivity index (χ1) is 7.61. The molecule has 1 N–H and O–H groups in total. The first kappa shape index (κ1) is 12.3. The van der Waals surface area contributed by atoms with Crippen molar-refractivity contribution in [3.05, 3.63) is 35.4 Å². The van der Waals surface area contributed by atoms with E-state index in [0.29, 0.717) is 18.4 Å². The van der Waals surface area contributed by atoms with Gasteiger partial charge in [-0.05, 0) is 38.0 Å². The molecule has 1 aromatic carbocycles. The number of carbonyl (C=O) groups excluding carboxylic acids is 1. The van der Waals surface area contributed by atoms with Crippen molar-refractivity contribution < 1.29 is 4.79 Å². The Kier molecular flexibility index (Phi) is 4.53. The molecule has 0 radical (unpaired) electrons. The lowest BCUT2D eigenvalue weighted by atomic mass is 10.1. The first-order valence-corrected chi connectivity index (χ1v) is 5.40. The third-order valence-corrected chi connectivity index (χ3v) is 2.17. The molecule has 1 amide bonds. The summed E-state index contributed by atoms with van der Waals surface area (Å²) in [5.41, 5.74) is 1.73. The SMILES string of the molecule is CC(C)NC(=O)CCc1ccc(C#N)cc1. The van der Waals surface area contributed by atoms with Gasteiger partial charge >= 0.3 is 0 Å². The molecular formula is C13H16N2O. The Labute approximate surface area is 96.1 Å². The third-order valence-electron chi connectivity index (χ3n) is 2.17. The van der Waals surface area contributed by atoms with Crippen LogP contribution in [0.1, 0.15) is 31.4 Å². The van der Waals surface area contributed by atoms with Crippen molar-refractivity contribution in [3.63, 3.8) is 0 Å². The normalized spacial score (nSPS) is 9.88. The fourth-order valence-corrected chi connectivity index (χ4v) is 1.40. The fourth-order valence-electron chi connectivity index (χ4n) is 1.40. The van der Waals surface area contributed by atoms with Crippen LogP contribution in [0.4, 0.5) is 0 Å². The van der Waals surface area contributed by atoms with Gasteiger partial charge in [-0.2, -0.15) is 5.26 Å². The summed E-state index contributed by atoms with van der Waals surface area (Å²) in [6, 6.07) is 9.58. The maximum absolute atomic E-state index is 11.4. The molecule has 0 heterocycles. The highest BCUT2D eigenvalue weighted by atomic mass is 16.1. The molecule has 1 aromatic rings. The zero-order valence-corrected chi connectivity index (χ0v) is 9.66. The zero-order chi connectivity index (χ0) is 12.0. The molecule has 0 saturated heterocycles. The van der Waals surface area contributed by atoms with E-state index in [1.165, 1.54) is 0 Å². The van der Waals surface area contributed by atoms with Crippen molar-refractivity contribution in [1.29, 1.82) is 5.26 Å². The summed E-state index contributed by atoms with van der Waals surface area (Å²) < 4.78 is 0. The smallest absolute Gasteiger partial charge is 0.220 e. The largest absolute Gasteiger partial charge is 0.354 e. The van der Waals surface area contributed by atoms with E-state index in [4.69, 9.17) is 5.26 Å². The van der Waals surface area contributed by atoms with Crippen molar-refractivity contribution in [3.8, 4) is 6.07 Å². The molecule has 0 saturated carbocycles. The van der Waals surface area contributed by atoms with Crippen LogP contribution in [-0.2, 0) is 11.2 Å². The van der Waals surface area contributed by atoms with Crippen molar-refractivity contribution in [2.45, 2.75) is 32.7 Å². The van der Waals surface area contributed by atoms with Crippen LogP contribution in [0.25, 0.3) is 0 Å². The molecule has 0 aliphatic heterocycles. The van der Waals surface area contributed by atoms with Crippen LogP contribution in [0.3, 0.4) is 0 Å². The number of hydrogen-bond acceptors (Lipinski definition) is 2. The van der Waals surface area contributed by atoms with E-state index >= 15 is 0 Å². The molecule has 84 valence electrons. The van der Waals surface area contributed by atoms with Crippen LogP contribution >= 0.6 is 0 Å². The van der Waals surface area contributed by atoms with Crippen LogP contribution in [0, 0.1) is 11.3 Å². The predicted octanol–water partition coefficient (Wildman–Crippen LogP) is 2.02. The maximum Gasteiger partial charge on any atom is 0.220 e. The van der Waals surface area contributed by atoms with Crippen LogP contribution in [0.5, 0.6) is 0 Å². The number of benzene rings is 1. The number of hydrogen-bond donors (Lipinski definition) is 1. The summed E-state index contributed by atoms with van der Waals surface area (Å²) in [6.07, 6.45) is 1.20. The topological polar surface area (TPSA) is 52.9 Å². The molecule has 0 aromatic heterocycles. The molecule has 0 unspecified atom stereocenters.